The van der Waals surface area contributed by atoms with Crippen molar-refractivity contribution >= 4 is 27.4 Å². The Hall–Kier alpha value is -2.34. The van der Waals surface area contributed by atoms with E-state index in [4.69, 9.17) is 4.74 Å². The lowest BCUT2D eigenvalue weighted by Crippen LogP contribution is -1.97. The van der Waals surface area contributed by atoms with Gasteiger partial charge in [-0.2, -0.15) is 0 Å². The topological polar surface area (TPSA) is 63.8 Å². The maximum absolute atomic E-state index is 11.4. The Morgan fingerprint density at radius 3 is 2.81 bits per heavy atom. The molecule has 1 N–H and O–H groups in total. The molecule has 0 radical (unpaired) electrons. The molecule has 0 aliphatic carbocycles. The van der Waals surface area contributed by atoms with Gasteiger partial charge in [0, 0.05) is 10.7 Å². The molecule has 0 unspecified atom stereocenters. The molecule has 0 fully saturated rings. The summed E-state index contributed by atoms with van der Waals surface area (Å²) in [6.45, 7) is 0. The van der Waals surface area contributed by atoms with Crippen LogP contribution >= 0.6 is 15.9 Å². The summed E-state index contributed by atoms with van der Waals surface area (Å²) in [5.41, 5.74) is 1.28. The van der Waals surface area contributed by atoms with Gasteiger partial charge >= 0.3 is 5.97 Å². The van der Waals surface area contributed by atoms with Gasteiger partial charge < -0.3 is 9.84 Å². The predicted octanol–water partition coefficient (Wildman–Crippen LogP) is 3.47. The summed E-state index contributed by atoms with van der Waals surface area (Å²) >= 11 is 3.35. The van der Waals surface area contributed by atoms with Crippen molar-refractivity contribution in [3.8, 4) is 17.1 Å². The third-order valence-electron chi connectivity index (χ3n) is 3.16. The van der Waals surface area contributed by atoms with Crippen LogP contribution in [0.15, 0.2) is 47.1 Å². The van der Waals surface area contributed by atoms with Gasteiger partial charge in [0.05, 0.1) is 18.2 Å². The first kappa shape index (κ1) is 13.6. The molecule has 2 heterocycles. The molecule has 0 saturated heterocycles. The predicted molar refractivity (Wildman–Crippen MR) is 81.8 cm³/mol. The molecule has 2 aromatic heterocycles. The highest BCUT2D eigenvalue weighted by Gasteiger charge is 2.19. The molecule has 106 valence electrons. The number of carbonyl (C=O) groups is 1. The largest absolute Gasteiger partial charge is 0.496 e. The van der Waals surface area contributed by atoms with Crippen LogP contribution in [0.25, 0.3) is 16.9 Å². The van der Waals surface area contributed by atoms with E-state index < -0.39 is 5.97 Å². The van der Waals surface area contributed by atoms with Crippen molar-refractivity contribution in [2.45, 2.75) is 0 Å². The minimum atomic E-state index is -1.06. The number of fused-ring (bicyclic) bond motifs is 1. The highest BCUT2D eigenvalue weighted by Crippen LogP contribution is 2.31. The maximum Gasteiger partial charge on any atom is 0.356 e. The molecule has 3 aromatic rings. The summed E-state index contributed by atoms with van der Waals surface area (Å²) in [5.74, 6) is 0.114. The molecule has 0 amide bonds. The fourth-order valence-electron chi connectivity index (χ4n) is 2.24. The number of imidazole rings is 1. The van der Waals surface area contributed by atoms with E-state index in [2.05, 4.69) is 20.9 Å². The zero-order valence-corrected chi connectivity index (χ0v) is 12.7. The lowest BCUT2D eigenvalue weighted by Gasteiger charge is -2.07. The van der Waals surface area contributed by atoms with Gasteiger partial charge in [0.25, 0.3) is 0 Å². The SMILES string of the molecule is COc1ccccc1-c1nc(C(=O)O)c2cc(Br)ccn12. The first-order valence-corrected chi connectivity index (χ1v) is 6.95. The zero-order valence-electron chi connectivity index (χ0n) is 11.1. The molecule has 0 saturated carbocycles. The number of hydrogen-bond acceptors (Lipinski definition) is 3. The number of aromatic carboxylic acids is 1. The second kappa shape index (κ2) is 5.21. The summed E-state index contributed by atoms with van der Waals surface area (Å²) in [4.78, 5) is 15.7. The van der Waals surface area contributed by atoms with Crippen molar-refractivity contribution in [2.75, 3.05) is 7.11 Å². The van der Waals surface area contributed by atoms with Gasteiger partial charge in [-0.25, -0.2) is 9.78 Å². The van der Waals surface area contributed by atoms with E-state index in [-0.39, 0.29) is 5.69 Å². The first-order chi connectivity index (χ1) is 10.1. The Morgan fingerprint density at radius 1 is 1.33 bits per heavy atom. The summed E-state index contributed by atoms with van der Waals surface area (Å²) in [5, 5.41) is 9.34. The number of nitrogens with zero attached hydrogens (tertiary/aromatic N) is 2. The number of hydrogen-bond donors (Lipinski definition) is 1. The minimum Gasteiger partial charge on any atom is -0.496 e. The number of rotatable bonds is 3. The quantitative estimate of drug-likeness (QED) is 0.788. The van der Waals surface area contributed by atoms with Crippen LogP contribution in [0.4, 0.5) is 0 Å². The van der Waals surface area contributed by atoms with Crippen molar-refractivity contribution in [3.63, 3.8) is 0 Å². The van der Waals surface area contributed by atoms with E-state index in [0.29, 0.717) is 17.1 Å². The number of benzene rings is 1. The van der Waals surface area contributed by atoms with Gasteiger partial charge in [0.1, 0.15) is 11.6 Å². The van der Waals surface area contributed by atoms with E-state index in [1.807, 2.05) is 30.3 Å². The molecule has 0 bridgehead atoms. The molecule has 3 rings (SSSR count). The van der Waals surface area contributed by atoms with Gasteiger partial charge in [0.15, 0.2) is 5.69 Å². The number of para-hydroxylation sites is 1. The maximum atomic E-state index is 11.4. The van der Waals surface area contributed by atoms with Crippen LogP contribution in [-0.4, -0.2) is 27.6 Å². The molecule has 5 nitrogen and oxygen atoms in total. The van der Waals surface area contributed by atoms with E-state index in [1.54, 1.807) is 23.8 Å². The molecule has 0 spiro atoms. The van der Waals surface area contributed by atoms with Crippen LogP contribution in [-0.2, 0) is 0 Å². The molecule has 0 aliphatic heterocycles. The van der Waals surface area contributed by atoms with Crippen LogP contribution < -0.4 is 4.74 Å². The van der Waals surface area contributed by atoms with Gasteiger partial charge in [-0.3, -0.25) is 4.40 Å². The highest BCUT2D eigenvalue weighted by molar-refractivity contribution is 9.10. The van der Waals surface area contributed by atoms with Crippen molar-refractivity contribution in [3.05, 3.63) is 52.8 Å². The van der Waals surface area contributed by atoms with E-state index >= 15 is 0 Å². The normalized spacial score (nSPS) is 10.8. The lowest BCUT2D eigenvalue weighted by atomic mass is 10.2. The monoisotopic (exact) mass is 346 g/mol. The summed E-state index contributed by atoms with van der Waals surface area (Å²) in [6, 6.07) is 10.9. The zero-order chi connectivity index (χ0) is 15.0. The molecule has 0 atom stereocenters. The Bertz CT molecular complexity index is 842. The number of carboxylic acids is 1. The fraction of sp³-hybridized carbons (Fsp3) is 0.0667. The number of methoxy groups -OCH3 is 1. The highest BCUT2D eigenvalue weighted by atomic mass is 79.9. The van der Waals surface area contributed by atoms with E-state index in [1.165, 1.54) is 0 Å². The van der Waals surface area contributed by atoms with Gasteiger partial charge in [-0.05, 0) is 24.3 Å². The molecule has 6 heteroatoms. The standard InChI is InChI=1S/C15H11BrN2O3/c1-21-12-5-3-2-4-10(12)14-17-13(15(19)20)11-8-9(16)6-7-18(11)14/h2-8H,1H3,(H,19,20). The number of aromatic nitrogens is 2. The van der Waals surface area contributed by atoms with Crippen LogP contribution in [0.3, 0.4) is 0 Å². The molecule has 0 aliphatic rings. The Morgan fingerprint density at radius 2 is 2.10 bits per heavy atom. The van der Waals surface area contributed by atoms with Crippen molar-refractivity contribution in [1.29, 1.82) is 0 Å². The smallest absolute Gasteiger partial charge is 0.356 e. The third kappa shape index (κ3) is 2.27. The Labute approximate surface area is 128 Å². The van der Waals surface area contributed by atoms with Crippen LogP contribution in [0.2, 0.25) is 0 Å². The van der Waals surface area contributed by atoms with Crippen LogP contribution in [0.1, 0.15) is 10.5 Å². The first-order valence-electron chi connectivity index (χ1n) is 6.16. The Kier molecular flexibility index (Phi) is 3.39. The second-order valence-electron chi connectivity index (χ2n) is 4.39. The minimum absolute atomic E-state index is 0.0113. The summed E-state index contributed by atoms with van der Waals surface area (Å²) in [7, 11) is 1.57. The Balaban J connectivity index is 2.36. The molecular weight excluding hydrogens is 336 g/mol. The van der Waals surface area contributed by atoms with Gasteiger partial charge in [-0.15, -0.1) is 0 Å². The fourth-order valence-corrected chi connectivity index (χ4v) is 2.57. The van der Waals surface area contributed by atoms with Gasteiger partial charge in [0.2, 0.25) is 0 Å². The molecule has 1 aromatic carbocycles. The van der Waals surface area contributed by atoms with Gasteiger partial charge in [-0.1, -0.05) is 28.1 Å². The number of pyridine rings is 1. The number of halogens is 1. The summed E-state index contributed by atoms with van der Waals surface area (Å²) < 4.78 is 7.87. The molecular formula is C15H11BrN2O3. The average Bonchev–Trinajstić information content (AvgIpc) is 2.85. The average molecular weight is 347 g/mol. The second-order valence-corrected chi connectivity index (χ2v) is 5.31. The van der Waals surface area contributed by atoms with E-state index in [0.717, 1.165) is 10.0 Å². The van der Waals surface area contributed by atoms with Crippen LogP contribution in [0.5, 0.6) is 5.75 Å². The molecule has 21 heavy (non-hydrogen) atoms. The lowest BCUT2D eigenvalue weighted by molar-refractivity contribution is 0.0693. The summed E-state index contributed by atoms with van der Waals surface area (Å²) in [6.07, 6.45) is 1.78. The number of ether oxygens (including phenoxy) is 1. The van der Waals surface area contributed by atoms with Crippen molar-refractivity contribution < 1.29 is 14.6 Å². The third-order valence-corrected chi connectivity index (χ3v) is 3.65. The van der Waals surface area contributed by atoms with Crippen molar-refractivity contribution in [2.24, 2.45) is 0 Å². The van der Waals surface area contributed by atoms with Crippen LogP contribution in [0, 0.1) is 0 Å². The van der Waals surface area contributed by atoms with Crippen molar-refractivity contribution in [1.82, 2.24) is 9.38 Å². The van der Waals surface area contributed by atoms with E-state index in [9.17, 15) is 9.90 Å². The number of carboxylic acid groups (broad SMARTS) is 1.